The number of rotatable bonds is 11. The molecule has 0 bridgehead atoms. The number of carbonyl (C=O) groups is 1. The minimum atomic E-state index is 0.121. The first-order valence-electron chi connectivity index (χ1n) is 15.5. The van der Waals surface area contributed by atoms with Crippen LogP contribution in [-0.4, -0.2) is 41.5 Å². The lowest BCUT2D eigenvalue weighted by Gasteiger charge is -2.28. The van der Waals surface area contributed by atoms with Crippen molar-refractivity contribution < 1.29 is 9.90 Å². The first kappa shape index (κ1) is 34.1. The average molecular weight is 597 g/mol. The molecule has 1 fully saturated rings. The standard InChI is InChI=1S/C30H32N2S.C7H12O.CH4O/c1-3-12-27-19-20-29(30(25-14-6-4-7-15-25)26-16-8-5-9-17-26)31-32(27)21-11-22-33-28-18-10-13-24(2)23-28;1-6(5-8)7-3-2-4-7;1-2/h4-10,12-20,23,30H,3,11,21-22H2,1-2H3;5-7H,2-4H2,1H3;2H,1H3/b27-12-;;. The fraction of sp³-hybridized carbons (Fsp3) is 0.368. The number of nitrogens with zero attached hydrogens (tertiary/aromatic N) is 2. The third-order valence-corrected chi connectivity index (χ3v) is 8.89. The summed E-state index contributed by atoms with van der Waals surface area (Å²) in [5, 5.41) is 14.4. The van der Waals surface area contributed by atoms with E-state index in [-0.39, 0.29) is 5.92 Å². The Morgan fingerprint density at radius 2 is 1.60 bits per heavy atom. The van der Waals surface area contributed by atoms with Crippen LogP contribution in [0.4, 0.5) is 0 Å². The first-order valence-corrected chi connectivity index (χ1v) is 16.5. The quantitative estimate of drug-likeness (QED) is 0.136. The predicted molar refractivity (Wildman–Crippen MR) is 184 cm³/mol. The molecule has 2 aliphatic rings. The SMILES string of the molecule is CC(C=O)C1CCC1.CC/C=C1/C=CC(C(c2ccccc2)c2ccccc2)=NN1CCCSc1cccc(C)c1.CO. The van der Waals surface area contributed by atoms with Crippen LogP contribution in [0.5, 0.6) is 0 Å². The molecule has 3 aromatic rings. The van der Waals surface area contributed by atoms with E-state index in [1.165, 1.54) is 46.5 Å². The molecule has 1 aliphatic heterocycles. The Bertz CT molecular complexity index is 1280. The topological polar surface area (TPSA) is 52.9 Å². The molecule has 1 N–H and O–H groups in total. The number of benzene rings is 3. The smallest absolute Gasteiger partial charge is 0.123 e. The van der Waals surface area contributed by atoms with Crippen LogP contribution in [0.3, 0.4) is 0 Å². The van der Waals surface area contributed by atoms with E-state index in [1.54, 1.807) is 0 Å². The normalized spacial score (nSPS) is 15.9. The molecule has 228 valence electrons. The Balaban J connectivity index is 0.000000433. The molecule has 1 atom stereocenters. The lowest BCUT2D eigenvalue weighted by Crippen LogP contribution is -2.26. The number of aliphatic hydroxyl groups excluding tert-OH is 1. The first-order chi connectivity index (χ1) is 21.1. The van der Waals surface area contributed by atoms with Crippen molar-refractivity contribution in [2.45, 2.75) is 63.7 Å². The molecule has 3 aromatic carbocycles. The van der Waals surface area contributed by atoms with Crippen molar-refractivity contribution in [1.82, 2.24) is 5.01 Å². The number of aryl methyl sites for hydroxylation is 1. The van der Waals surface area contributed by atoms with Gasteiger partial charge in [0.2, 0.25) is 0 Å². The van der Waals surface area contributed by atoms with E-state index in [2.05, 4.69) is 122 Å². The third-order valence-electron chi connectivity index (χ3n) is 7.81. The van der Waals surface area contributed by atoms with Crippen molar-refractivity contribution in [2.24, 2.45) is 16.9 Å². The molecule has 1 aliphatic carbocycles. The van der Waals surface area contributed by atoms with Gasteiger partial charge >= 0.3 is 0 Å². The lowest BCUT2D eigenvalue weighted by atomic mass is 9.77. The van der Waals surface area contributed by atoms with Gasteiger partial charge in [-0.25, -0.2) is 0 Å². The van der Waals surface area contributed by atoms with Gasteiger partial charge in [-0.15, -0.1) is 11.8 Å². The fourth-order valence-corrected chi connectivity index (χ4v) is 6.17. The van der Waals surface area contributed by atoms with Crippen LogP contribution in [0.1, 0.15) is 68.6 Å². The van der Waals surface area contributed by atoms with Crippen LogP contribution in [0.25, 0.3) is 0 Å². The van der Waals surface area contributed by atoms with Gasteiger partial charge in [-0.3, -0.25) is 5.01 Å². The van der Waals surface area contributed by atoms with Gasteiger partial charge in [0.05, 0.1) is 17.3 Å². The number of aldehydes is 1. The van der Waals surface area contributed by atoms with Gasteiger partial charge in [0.1, 0.15) is 6.29 Å². The number of thioether (sulfide) groups is 1. The van der Waals surface area contributed by atoms with E-state index in [1.807, 2.05) is 18.7 Å². The zero-order valence-corrected chi connectivity index (χ0v) is 27.0. The molecule has 5 heteroatoms. The molecule has 0 aromatic heterocycles. The fourth-order valence-electron chi connectivity index (χ4n) is 5.21. The van der Waals surface area contributed by atoms with Crippen LogP contribution >= 0.6 is 11.8 Å². The van der Waals surface area contributed by atoms with Crippen molar-refractivity contribution >= 4 is 23.8 Å². The summed E-state index contributed by atoms with van der Waals surface area (Å²) in [6.45, 7) is 7.26. The molecular weight excluding hydrogens is 548 g/mol. The van der Waals surface area contributed by atoms with Gasteiger partial charge in [0.25, 0.3) is 0 Å². The number of allylic oxidation sites excluding steroid dienone is 3. The van der Waals surface area contributed by atoms with E-state index in [4.69, 9.17) is 10.2 Å². The molecule has 1 heterocycles. The lowest BCUT2D eigenvalue weighted by molar-refractivity contribution is -0.112. The van der Waals surface area contributed by atoms with Crippen LogP contribution in [0.15, 0.2) is 119 Å². The summed E-state index contributed by atoms with van der Waals surface area (Å²) in [7, 11) is 1.00. The van der Waals surface area contributed by atoms with Crippen molar-refractivity contribution in [3.05, 3.63) is 126 Å². The molecule has 5 rings (SSSR count). The molecule has 1 saturated carbocycles. The van der Waals surface area contributed by atoms with Crippen LogP contribution in [-0.2, 0) is 4.79 Å². The van der Waals surface area contributed by atoms with E-state index in [0.29, 0.717) is 5.92 Å². The molecular formula is C38H48N2O2S. The molecule has 43 heavy (non-hydrogen) atoms. The summed E-state index contributed by atoms with van der Waals surface area (Å²) >= 11 is 1.93. The number of hydrazone groups is 1. The van der Waals surface area contributed by atoms with Gasteiger partial charge in [-0.1, -0.05) is 105 Å². The van der Waals surface area contributed by atoms with E-state index >= 15 is 0 Å². The monoisotopic (exact) mass is 596 g/mol. The maximum Gasteiger partial charge on any atom is 0.123 e. The molecule has 0 saturated heterocycles. The Morgan fingerprint density at radius 1 is 0.953 bits per heavy atom. The van der Waals surface area contributed by atoms with Crippen molar-refractivity contribution in [2.75, 3.05) is 19.4 Å². The van der Waals surface area contributed by atoms with Gasteiger partial charge in [0, 0.05) is 24.5 Å². The second-order valence-corrected chi connectivity index (χ2v) is 12.1. The summed E-state index contributed by atoms with van der Waals surface area (Å²) < 4.78 is 0. The van der Waals surface area contributed by atoms with Gasteiger partial charge < -0.3 is 9.90 Å². The van der Waals surface area contributed by atoms with Crippen molar-refractivity contribution in [3.63, 3.8) is 0 Å². The highest BCUT2D eigenvalue weighted by molar-refractivity contribution is 7.99. The van der Waals surface area contributed by atoms with Crippen molar-refractivity contribution in [1.29, 1.82) is 0 Å². The van der Waals surface area contributed by atoms with E-state index < -0.39 is 0 Å². The Hall–Kier alpha value is -3.41. The number of aliphatic hydroxyl groups is 1. The summed E-state index contributed by atoms with van der Waals surface area (Å²) in [6, 6.07) is 30.2. The highest BCUT2D eigenvalue weighted by atomic mass is 32.2. The van der Waals surface area contributed by atoms with E-state index in [9.17, 15) is 4.79 Å². The van der Waals surface area contributed by atoms with Crippen molar-refractivity contribution in [3.8, 4) is 0 Å². The predicted octanol–water partition coefficient (Wildman–Crippen LogP) is 9.06. The van der Waals surface area contributed by atoms with Gasteiger partial charge in [-0.2, -0.15) is 5.10 Å². The number of carbonyl (C=O) groups excluding carboxylic acids is 1. The summed E-state index contributed by atoms with van der Waals surface area (Å²) in [5.74, 6) is 2.25. The maximum absolute atomic E-state index is 10.1. The Labute approximate surface area is 263 Å². The zero-order chi connectivity index (χ0) is 30.9. The summed E-state index contributed by atoms with van der Waals surface area (Å²) in [5.41, 5.74) is 6.14. The molecule has 0 amide bonds. The second-order valence-electron chi connectivity index (χ2n) is 11.0. The Morgan fingerprint density at radius 3 is 2.12 bits per heavy atom. The summed E-state index contributed by atoms with van der Waals surface area (Å²) in [4.78, 5) is 11.5. The minimum Gasteiger partial charge on any atom is -0.400 e. The molecule has 4 nitrogen and oxygen atoms in total. The average Bonchev–Trinajstić information content (AvgIpc) is 3.02. The third kappa shape index (κ3) is 10.7. The van der Waals surface area contributed by atoms with Gasteiger partial charge in [0.15, 0.2) is 0 Å². The second kappa shape index (κ2) is 19.0. The number of hydrogen-bond donors (Lipinski definition) is 1. The molecule has 0 radical (unpaired) electrons. The highest BCUT2D eigenvalue weighted by Crippen LogP contribution is 2.32. The van der Waals surface area contributed by atoms with Crippen LogP contribution < -0.4 is 0 Å². The highest BCUT2D eigenvalue weighted by Gasteiger charge is 2.23. The summed E-state index contributed by atoms with van der Waals surface area (Å²) in [6.07, 6.45) is 13.7. The van der Waals surface area contributed by atoms with Crippen LogP contribution in [0, 0.1) is 18.8 Å². The minimum absolute atomic E-state index is 0.121. The number of hydrogen-bond acceptors (Lipinski definition) is 5. The molecule has 0 spiro atoms. The largest absolute Gasteiger partial charge is 0.400 e. The maximum atomic E-state index is 10.1. The van der Waals surface area contributed by atoms with E-state index in [0.717, 1.165) is 50.2 Å². The van der Waals surface area contributed by atoms with Crippen LogP contribution in [0.2, 0.25) is 0 Å². The Kier molecular flexibility index (Phi) is 15.1. The van der Waals surface area contributed by atoms with Gasteiger partial charge in [-0.05, 0) is 79.7 Å². The molecule has 1 unspecified atom stereocenters. The zero-order valence-electron chi connectivity index (χ0n) is 26.2.